The predicted octanol–water partition coefficient (Wildman–Crippen LogP) is 3.67. The summed E-state index contributed by atoms with van der Waals surface area (Å²) in [6, 6.07) is 11.9. The van der Waals surface area contributed by atoms with Crippen LogP contribution in [-0.4, -0.2) is 55.3 Å². The Bertz CT molecular complexity index is 1030. The van der Waals surface area contributed by atoms with E-state index in [-0.39, 0.29) is 36.9 Å². The molecule has 0 aliphatic heterocycles. The van der Waals surface area contributed by atoms with Gasteiger partial charge in [0.2, 0.25) is 0 Å². The van der Waals surface area contributed by atoms with E-state index in [0.29, 0.717) is 67.3 Å². The van der Waals surface area contributed by atoms with Crippen LogP contribution in [0.5, 0.6) is 17.2 Å². The Labute approximate surface area is 211 Å². The molecule has 0 atom stereocenters. The molecule has 1 fully saturated rings. The van der Waals surface area contributed by atoms with Crippen LogP contribution in [-0.2, 0) is 4.79 Å². The summed E-state index contributed by atoms with van der Waals surface area (Å²) in [4.78, 5) is 36.0. The van der Waals surface area contributed by atoms with Crippen LogP contribution in [0.3, 0.4) is 0 Å². The fourth-order valence-corrected chi connectivity index (χ4v) is 4.05. The maximum atomic E-state index is 12.5. The lowest BCUT2D eigenvalue weighted by molar-refractivity contribution is -0.143. The molecule has 0 spiro atoms. The predicted molar refractivity (Wildman–Crippen MR) is 134 cm³/mol. The summed E-state index contributed by atoms with van der Waals surface area (Å²) in [5.74, 6) is 0.208. The van der Waals surface area contributed by atoms with E-state index in [0.717, 1.165) is 0 Å². The SMILES string of the molecule is CCOc1ccc(C(=O)NCCNC(=O)c2ccc(O[C@H]3CC[C@@H](C(=O)O)CC3)cc2)cc1OCC. The number of hydrogen-bond acceptors (Lipinski definition) is 6. The second kappa shape index (κ2) is 13.4. The molecular weight excluding hydrogens is 464 g/mol. The van der Waals surface area contributed by atoms with Crippen molar-refractivity contribution in [3.05, 3.63) is 53.6 Å². The highest BCUT2D eigenvalue weighted by molar-refractivity contribution is 5.95. The van der Waals surface area contributed by atoms with Crippen molar-refractivity contribution in [3.63, 3.8) is 0 Å². The lowest BCUT2D eigenvalue weighted by Gasteiger charge is -2.26. The van der Waals surface area contributed by atoms with Crippen LogP contribution in [0.1, 0.15) is 60.2 Å². The summed E-state index contributed by atoms with van der Waals surface area (Å²) in [5, 5.41) is 14.7. The van der Waals surface area contributed by atoms with Gasteiger partial charge in [-0.3, -0.25) is 14.4 Å². The lowest BCUT2D eigenvalue weighted by Crippen LogP contribution is -2.34. The monoisotopic (exact) mass is 498 g/mol. The van der Waals surface area contributed by atoms with E-state index >= 15 is 0 Å². The van der Waals surface area contributed by atoms with Gasteiger partial charge in [0.25, 0.3) is 11.8 Å². The first-order chi connectivity index (χ1) is 17.4. The first-order valence-electron chi connectivity index (χ1n) is 12.4. The molecule has 3 rings (SSSR count). The van der Waals surface area contributed by atoms with Crippen molar-refractivity contribution in [2.24, 2.45) is 5.92 Å². The van der Waals surface area contributed by atoms with E-state index in [1.54, 1.807) is 42.5 Å². The number of carboxylic acid groups (broad SMARTS) is 1. The minimum atomic E-state index is -0.740. The van der Waals surface area contributed by atoms with Crippen LogP contribution < -0.4 is 24.8 Å². The summed E-state index contributed by atoms with van der Waals surface area (Å²) < 4.78 is 17.0. The zero-order chi connectivity index (χ0) is 25.9. The summed E-state index contributed by atoms with van der Waals surface area (Å²) in [5.41, 5.74) is 0.927. The van der Waals surface area contributed by atoms with Crippen molar-refractivity contribution in [2.45, 2.75) is 45.6 Å². The van der Waals surface area contributed by atoms with Crippen molar-refractivity contribution >= 4 is 17.8 Å². The van der Waals surface area contributed by atoms with Gasteiger partial charge in [-0.2, -0.15) is 0 Å². The molecule has 0 radical (unpaired) electrons. The third kappa shape index (κ3) is 7.63. The molecule has 0 heterocycles. The smallest absolute Gasteiger partial charge is 0.306 e. The van der Waals surface area contributed by atoms with E-state index in [1.807, 2.05) is 13.8 Å². The van der Waals surface area contributed by atoms with Gasteiger partial charge in [0.1, 0.15) is 5.75 Å². The third-order valence-corrected chi connectivity index (χ3v) is 5.94. The number of rotatable bonds is 12. The van der Waals surface area contributed by atoms with Gasteiger partial charge in [0, 0.05) is 24.2 Å². The zero-order valence-corrected chi connectivity index (χ0v) is 20.7. The van der Waals surface area contributed by atoms with E-state index in [2.05, 4.69) is 10.6 Å². The Morgan fingerprint density at radius 2 is 1.36 bits per heavy atom. The third-order valence-electron chi connectivity index (χ3n) is 5.94. The first kappa shape index (κ1) is 26.8. The summed E-state index contributed by atoms with van der Waals surface area (Å²) >= 11 is 0. The lowest BCUT2D eigenvalue weighted by atomic mass is 9.87. The quantitative estimate of drug-likeness (QED) is 0.382. The molecule has 3 N–H and O–H groups in total. The molecule has 2 aromatic rings. The summed E-state index contributed by atoms with van der Waals surface area (Å²) in [6.07, 6.45) is 2.62. The molecule has 36 heavy (non-hydrogen) atoms. The molecule has 0 bridgehead atoms. The molecule has 2 aromatic carbocycles. The average molecular weight is 499 g/mol. The van der Waals surface area contributed by atoms with Gasteiger partial charge in [-0.1, -0.05) is 0 Å². The first-order valence-corrected chi connectivity index (χ1v) is 12.4. The van der Waals surface area contributed by atoms with Crippen LogP contribution in [0.2, 0.25) is 0 Å². The van der Waals surface area contributed by atoms with Gasteiger partial charge >= 0.3 is 5.97 Å². The Morgan fingerprint density at radius 1 is 0.806 bits per heavy atom. The maximum Gasteiger partial charge on any atom is 0.306 e. The second-order valence-electron chi connectivity index (χ2n) is 8.49. The topological polar surface area (TPSA) is 123 Å². The Hall–Kier alpha value is -3.75. The van der Waals surface area contributed by atoms with Gasteiger partial charge in [0.15, 0.2) is 11.5 Å². The van der Waals surface area contributed by atoms with Crippen LogP contribution in [0.25, 0.3) is 0 Å². The zero-order valence-electron chi connectivity index (χ0n) is 20.7. The molecule has 2 amide bonds. The molecule has 0 aromatic heterocycles. The molecular formula is C27H34N2O7. The van der Waals surface area contributed by atoms with Gasteiger partial charge in [-0.15, -0.1) is 0 Å². The molecule has 0 saturated heterocycles. The highest BCUT2D eigenvalue weighted by Crippen LogP contribution is 2.29. The fourth-order valence-electron chi connectivity index (χ4n) is 4.05. The summed E-state index contributed by atoms with van der Waals surface area (Å²) in [7, 11) is 0. The Balaban J connectivity index is 1.41. The average Bonchev–Trinajstić information content (AvgIpc) is 2.88. The Kier molecular flexibility index (Phi) is 9.97. The molecule has 0 unspecified atom stereocenters. The van der Waals surface area contributed by atoms with Gasteiger partial charge in [-0.05, 0) is 82.0 Å². The van der Waals surface area contributed by atoms with Crippen molar-refractivity contribution in [1.82, 2.24) is 10.6 Å². The van der Waals surface area contributed by atoms with Crippen molar-refractivity contribution in [2.75, 3.05) is 26.3 Å². The van der Waals surface area contributed by atoms with Crippen LogP contribution in [0, 0.1) is 5.92 Å². The fraction of sp³-hybridized carbons (Fsp3) is 0.444. The summed E-state index contributed by atoms with van der Waals surface area (Å²) in [6.45, 7) is 5.23. The number of ether oxygens (including phenoxy) is 3. The molecule has 1 saturated carbocycles. The number of benzene rings is 2. The van der Waals surface area contributed by atoms with E-state index < -0.39 is 5.97 Å². The molecule has 1 aliphatic rings. The molecule has 194 valence electrons. The number of aliphatic carboxylic acids is 1. The van der Waals surface area contributed by atoms with Crippen LogP contribution in [0.15, 0.2) is 42.5 Å². The van der Waals surface area contributed by atoms with Crippen molar-refractivity contribution < 1.29 is 33.7 Å². The molecule has 1 aliphatic carbocycles. The standard InChI is InChI=1S/C27H34N2O7/c1-3-34-23-14-9-20(17-24(23)35-4-2)26(31)29-16-15-28-25(30)18-5-10-21(11-6-18)36-22-12-7-19(8-13-22)27(32)33/h5-6,9-11,14,17,19,22H,3-4,7-8,12-13,15-16H2,1-2H3,(H,28,30)(H,29,31)(H,32,33)/t19-,22+. The number of amides is 2. The van der Waals surface area contributed by atoms with Crippen LogP contribution >= 0.6 is 0 Å². The van der Waals surface area contributed by atoms with E-state index in [1.165, 1.54) is 0 Å². The van der Waals surface area contributed by atoms with E-state index in [4.69, 9.17) is 19.3 Å². The largest absolute Gasteiger partial charge is 0.490 e. The number of hydrogen-bond donors (Lipinski definition) is 3. The van der Waals surface area contributed by atoms with E-state index in [9.17, 15) is 14.4 Å². The van der Waals surface area contributed by atoms with Crippen molar-refractivity contribution in [1.29, 1.82) is 0 Å². The number of nitrogens with one attached hydrogen (secondary N) is 2. The van der Waals surface area contributed by atoms with Gasteiger partial charge < -0.3 is 30.0 Å². The van der Waals surface area contributed by atoms with Crippen molar-refractivity contribution in [3.8, 4) is 17.2 Å². The normalized spacial score (nSPS) is 17.1. The highest BCUT2D eigenvalue weighted by Gasteiger charge is 2.26. The Morgan fingerprint density at radius 3 is 1.94 bits per heavy atom. The number of carbonyl (C=O) groups is 3. The van der Waals surface area contributed by atoms with Gasteiger partial charge in [0.05, 0.1) is 25.2 Å². The maximum absolute atomic E-state index is 12.5. The second-order valence-corrected chi connectivity index (χ2v) is 8.49. The van der Waals surface area contributed by atoms with Crippen LogP contribution in [0.4, 0.5) is 0 Å². The number of carbonyl (C=O) groups excluding carboxylic acids is 2. The molecule has 9 nitrogen and oxygen atoms in total. The highest BCUT2D eigenvalue weighted by atomic mass is 16.5. The molecule has 9 heteroatoms. The minimum absolute atomic E-state index is 0.0103. The minimum Gasteiger partial charge on any atom is -0.490 e. The van der Waals surface area contributed by atoms with Gasteiger partial charge in [-0.25, -0.2) is 0 Å². The number of carboxylic acids is 1.